The van der Waals surface area contributed by atoms with Crippen LogP contribution < -0.4 is 0 Å². The fourth-order valence-electron chi connectivity index (χ4n) is 4.72. The molecular weight excluding hydrogens is 304 g/mol. The highest BCUT2D eigenvalue weighted by Crippen LogP contribution is 2.29. The highest BCUT2D eigenvalue weighted by molar-refractivity contribution is 6.07. The van der Waals surface area contributed by atoms with E-state index in [1.54, 1.807) is 0 Å². The molecule has 1 aromatic heterocycles. The van der Waals surface area contributed by atoms with Crippen LogP contribution in [0.3, 0.4) is 0 Å². The van der Waals surface area contributed by atoms with E-state index in [0.717, 1.165) is 18.6 Å². The number of fused-ring (bicyclic) bond motifs is 3. The average Bonchev–Trinajstić information content (AvgIpc) is 2.95. The van der Waals surface area contributed by atoms with Crippen LogP contribution in [0, 0.1) is 0 Å². The second-order valence-electron chi connectivity index (χ2n) is 7.76. The Morgan fingerprint density at radius 1 is 0.760 bits per heavy atom. The smallest absolute Gasteiger partial charge is 0.0491 e. The molecule has 25 heavy (non-hydrogen) atoms. The molecule has 2 aromatic carbocycles. The molecule has 1 aliphatic heterocycles. The minimum atomic E-state index is 0.761. The summed E-state index contributed by atoms with van der Waals surface area (Å²) in [4.78, 5) is 2.73. The highest BCUT2D eigenvalue weighted by atomic mass is 15.2. The second-order valence-corrected chi connectivity index (χ2v) is 7.76. The van der Waals surface area contributed by atoms with Crippen LogP contribution in [0.1, 0.15) is 46.0 Å². The van der Waals surface area contributed by atoms with Crippen molar-refractivity contribution in [2.45, 2.75) is 64.6 Å². The topological polar surface area (TPSA) is 8.17 Å². The van der Waals surface area contributed by atoms with Gasteiger partial charge < -0.3 is 4.57 Å². The highest BCUT2D eigenvalue weighted by Gasteiger charge is 2.23. The van der Waals surface area contributed by atoms with Gasteiger partial charge in [-0.3, -0.25) is 4.90 Å². The van der Waals surface area contributed by atoms with Crippen molar-refractivity contribution in [3.8, 4) is 0 Å². The molecule has 0 amide bonds. The van der Waals surface area contributed by atoms with E-state index in [9.17, 15) is 0 Å². The molecule has 0 N–H and O–H groups in total. The van der Waals surface area contributed by atoms with Gasteiger partial charge in [-0.15, -0.1) is 0 Å². The van der Waals surface area contributed by atoms with Crippen LogP contribution in [-0.4, -0.2) is 28.1 Å². The molecule has 0 aliphatic carbocycles. The Labute approximate surface area is 151 Å². The van der Waals surface area contributed by atoms with Gasteiger partial charge >= 0.3 is 0 Å². The number of nitrogens with zero attached hydrogens (tertiary/aromatic N) is 2. The molecule has 2 heterocycles. The normalized spacial score (nSPS) is 22.0. The van der Waals surface area contributed by atoms with Crippen LogP contribution in [0.5, 0.6) is 0 Å². The maximum Gasteiger partial charge on any atom is 0.0491 e. The molecule has 4 rings (SSSR count). The predicted molar refractivity (Wildman–Crippen MR) is 108 cm³/mol. The summed E-state index contributed by atoms with van der Waals surface area (Å²) in [6.07, 6.45) is 6.68. The average molecular weight is 335 g/mol. The van der Waals surface area contributed by atoms with Crippen LogP contribution in [0.2, 0.25) is 0 Å². The molecule has 1 saturated heterocycles. The molecule has 2 nitrogen and oxygen atoms in total. The number of para-hydroxylation sites is 2. The zero-order valence-corrected chi connectivity index (χ0v) is 15.6. The fraction of sp³-hybridized carbons (Fsp3) is 0.478. The van der Waals surface area contributed by atoms with Crippen molar-refractivity contribution in [2.24, 2.45) is 0 Å². The van der Waals surface area contributed by atoms with Crippen LogP contribution in [0.15, 0.2) is 48.5 Å². The van der Waals surface area contributed by atoms with Crippen molar-refractivity contribution in [2.75, 3.05) is 6.54 Å². The molecule has 1 aliphatic rings. The largest absolute Gasteiger partial charge is 0.340 e. The Bertz CT molecular complexity index is 784. The summed E-state index contributed by atoms with van der Waals surface area (Å²) in [5.74, 6) is 0. The minimum Gasteiger partial charge on any atom is -0.340 e. The maximum atomic E-state index is 2.73. The predicted octanol–water partition coefficient (Wildman–Crippen LogP) is 5.84. The van der Waals surface area contributed by atoms with E-state index in [4.69, 9.17) is 0 Å². The van der Waals surface area contributed by atoms with Crippen LogP contribution >= 0.6 is 0 Å². The molecule has 2 atom stereocenters. The summed E-state index contributed by atoms with van der Waals surface area (Å²) >= 11 is 0. The Kier molecular flexibility index (Phi) is 4.80. The third kappa shape index (κ3) is 3.20. The molecule has 0 saturated carbocycles. The van der Waals surface area contributed by atoms with Gasteiger partial charge in [-0.1, -0.05) is 42.8 Å². The molecule has 3 aromatic rings. The van der Waals surface area contributed by atoms with Gasteiger partial charge in [0.1, 0.15) is 0 Å². The van der Waals surface area contributed by atoms with Gasteiger partial charge in [0, 0.05) is 40.4 Å². The maximum absolute atomic E-state index is 2.73. The molecule has 2 heteroatoms. The molecular formula is C23H30N2. The van der Waals surface area contributed by atoms with Crippen molar-refractivity contribution >= 4 is 21.8 Å². The summed E-state index contributed by atoms with van der Waals surface area (Å²) in [6, 6.07) is 19.2. The number of piperidine rings is 1. The summed E-state index contributed by atoms with van der Waals surface area (Å²) in [5.41, 5.74) is 2.76. The molecule has 0 spiro atoms. The number of unbranched alkanes of at least 4 members (excludes halogenated alkanes) is 1. The lowest BCUT2D eigenvalue weighted by molar-refractivity contribution is 0.101. The van der Waals surface area contributed by atoms with Gasteiger partial charge in [0.05, 0.1) is 0 Å². The zero-order chi connectivity index (χ0) is 17.2. The standard InChI is InChI=1S/C23H30N2/c1-18-10-9-11-19(2)24(18)16-7-8-17-25-22-14-5-3-12-20(22)21-13-4-6-15-23(21)25/h3-6,12-15,18-19H,7-11,16-17H2,1-2H3/t18-,19+. The first-order valence-corrected chi connectivity index (χ1v) is 9.97. The Morgan fingerprint density at radius 2 is 1.28 bits per heavy atom. The van der Waals surface area contributed by atoms with E-state index in [2.05, 4.69) is 71.8 Å². The van der Waals surface area contributed by atoms with E-state index in [0.29, 0.717) is 0 Å². The van der Waals surface area contributed by atoms with Gasteiger partial charge in [-0.2, -0.15) is 0 Å². The first kappa shape index (κ1) is 16.7. The zero-order valence-electron chi connectivity index (χ0n) is 15.6. The minimum absolute atomic E-state index is 0.761. The summed E-state index contributed by atoms with van der Waals surface area (Å²) in [7, 11) is 0. The van der Waals surface area contributed by atoms with E-state index in [1.165, 1.54) is 60.5 Å². The van der Waals surface area contributed by atoms with Crippen molar-refractivity contribution in [3.63, 3.8) is 0 Å². The van der Waals surface area contributed by atoms with E-state index >= 15 is 0 Å². The van der Waals surface area contributed by atoms with Gasteiger partial charge in [-0.05, 0) is 58.2 Å². The van der Waals surface area contributed by atoms with E-state index < -0.39 is 0 Å². The number of likely N-dealkylation sites (tertiary alicyclic amines) is 1. The fourth-order valence-corrected chi connectivity index (χ4v) is 4.72. The lowest BCUT2D eigenvalue weighted by atomic mass is 9.97. The Balaban J connectivity index is 1.47. The molecule has 0 radical (unpaired) electrons. The lowest BCUT2D eigenvalue weighted by Crippen LogP contribution is -2.44. The number of hydrogen-bond acceptors (Lipinski definition) is 1. The van der Waals surface area contributed by atoms with Crippen molar-refractivity contribution < 1.29 is 0 Å². The molecule has 0 unspecified atom stereocenters. The number of hydrogen-bond donors (Lipinski definition) is 0. The molecule has 0 bridgehead atoms. The first-order chi connectivity index (χ1) is 12.3. The summed E-state index contributed by atoms with van der Waals surface area (Å²) in [6.45, 7) is 7.18. The number of rotatable bonds is 5. The SMILES string of the molecule is C[C@@H]1CCC[C@H](C)N1CCCCn1c2ccccc2c2ccccc21. The summed E-state index contributed by atoms with van der Waals surface area (Å²) in [5, 5.41) is 2.77. The van der Waals surface area contributed by atoms with Gasteiger partial charge in [-0.25, -0.2) is 0 Å². The Hall–Kier alpha value is -1.80. The van der Waals surface area contributed by atoms with Gasteiger partial charge in [0.15, 0.2) is 0 Å². The van der Waals surface area contributed by atoms with Crippen LogP contribution in [0.4, 0.5) is 0 Å². The van der Waals surface area contributed by atoms with Gasteiger partial charge in [0.2, 0.25) is 0 Å². The van der Waals surface area contributed by atoms with Gasteiger partial charge in [0.25, 0.3) is 0 Å². The van der Waals surface area contributed by atoms with E-state index in [-0.39, 0.29) is 0 Å². The molecule has 1 fully saturated rings. The van der Waals surface area contributed by atoms with Crippen molar-refractivity contribution in [3.05, 3.63) is 48.5 Å². The van der Waals surface area contributed by atoms with E-state index in [1.807, 2.05) is 0 Å². The second kappa shape index (κ2) is 7.21. The number of aromatic nitrogens is 1. The number of aryl methyl sites for hydroxylation is 1. The quantitative estimate of drug-likeness (QED) is 0.532. The first-order valence-electron chi connectivity index (χ1n) is 9.97. The molecule has 132 valence electrons. The Morgan fingerprint density at radius 3 is 1.88 bits per heavy atom. The van der Waals surface area contributed by atoms with Crippen molar-refractivity contribution in [1.82, 2.24) is 9.47 Å². The third-order valence-electron chi connectivity index (χ3n) is 6.10. The summed E-state index contributed by atoms with van der Waals surface area (Å²) < 4.78 is 2.52. The van der Waals surface area contributed by atoms with Crippen LogP contribution in [-0.2, 0) is 6.54 Å². The van der Waals surface area contributed by atoms with Crippen LogP contribution in [0.25, 0.3) is 21.8 Å². The lowest BCUT2D eigenvalue weighted by Gasteiger charge is -2.39. The van der Waals surface area contributed by atoms with Crippen molar-refractivity contribution in [1.29, 1.82) is 0 Å². The third-order valence-corrected chi connectivity index (χ3v) is 6.10. The number of benzene rings is 2. The monoisotopic (exact) mass is 334 g/mol.